The van der Waals surface area contributed by atoms with Crippen molar-refractivity contribution in [2.75, 3.05) is 7.11 Å². The fourth-order valence-electron chi connectivity index (χ4n) is 2.91. The Hall–Kier alpha value is -3.06. The van der Waals surface area contributed by atoms with Crippen LogP contribution in [0.25, 0.3) is 17.0 Å². The molecule has 0 aliphatic carbocycles. The molecule has 3 aromatic heterocycles. The summed E-state index contributed by atoms with van der Waals surface area (Å²) in [6, 6.07) is 13.8. The van der Waals surface area contributed by atoms with Gasteiger partial charge in [0, 0.05) is 24.7 Å². The van der Waals surface area contributed by atoms with Crippen LogP contribution in [0.15, 0.2) is 72.7 Å². The van der Waals surface area contributed by atoms with Gasteiger partial charge in [-0.05, 0) is 24.3 Å². The molecule has 4 aromatic rings. The van der Waals surface area contributed by atoms with Crippen molar-refractivity contribution in [1.29, 1.82) is 0 Å². The van der Waals surface area contributed by atoms with Crippen LogP contribution in [-0.2, 0) is 12.3 Å². The van der Waals surface area contributed by atoms with Crippen molar-refractivity contribution >= 4 is 17.4 Å². The number of para-hydroxylation sites is 1. The number of imidazole rings is 1. The van der Waals surface area contributed by atoms with Crippen molar-refractivity contribution in [3.63, 3.8) is 0 Å². The molecule has 4 rings (SSSR count). The number of hydrogen-bond acceptors (Lipinski definition) is 5. The van der Waals surface area contributed by atoms with Crippen molar-refractivity contribution in [3.8, 4) is 17.1 Å². The minimum atomic E-state index is 0.619. The van der Waals surface area contributed by atoms with Gasteiger partial charge in [0.25, 0.3) is 0 Å². The van der Waals surface area contributed by atoms with Crippen molar-refractivity contribution in [3.05, 3.63) is 73.2 Å². The maximum atomic E-state index is 5.48. The number of aromatic nitrogens is 5. The van der Waals surface area contributed by atoms with E-state index in [0.717, 1.165) is 33.6 Å². The number of ether oxygens (including phenoxy) is 1. The summed E-state index contributed by atoms with van der Waals surface area (Å²) in [4.78, 5) is 4.64. The van der Waals surface area contributed by atoms with E-state index in [1.54, 1.807) is 18.9 Å². The van der Waals surface area contributed by atoms with E-state index in [1.165, 1.54) is 0 Å². The molecule has 6 nitrogen and oxygen atoms in total. The average Bonchev–Trinajstić information content (AvgIpc) is 3.30. The third kappa shape index (κ3) is 3.46. The molecule has 0 aliphatic rings. The number of hydrogen-bond donors (Lipinski definition) is 0. The highest BCUT2D eigenvalue weighted by Crippen LogP contribution is 2.31. The molecule has 1 aromatic carbocycles. The van der Waals surface area contributed by atoms with Crippen molar-refractivity contribution in [2.24, 2.45) is 0 Å². The van der Waals surface area contributed by atoms with Crippen LogP contribution in [0.2, 0.25) is 0 Å². The van der Waals surface area contributed by atoms with Gasteiger partial charge >= 0.3 is 0 Å². The van der Waals surface area contributed by atoms with Crippen molar-refractivity contribution < 1.29 is 4.74 Å². The zero-order valence-corrected chi connectivity index (χ0v) is 15.8. The molecule has 0 saturated carbocycles. The molecule has 0 atom stereocenters. The van der Waals surface area contributed by atoms with E-state index in [2.05, 4.69) is 21.8 Å². The maximum absolute atomic E-state index is 5.48. The molecule has 0 amide bonds. The van der Waals surface area contributed by atoms with Gasteiger partial charge in [0.1, 0.15) is 11.4 Å². The third-order valence-electron chi connectivity index (χ3n) is 4.14. The number of rotatable bonds is 7. The molecule has 136 valence electrons. The molecule has 0 aliphatic heterocycles. The van der Waals surface area contributed by atoms with Gasteiger partial charge in [0.15, 0.2) is 11.0 Å². The lowest BCUT2D eigenvalue weighted by Crippen LogP contribution is -2.01. The van der Waals surface area contributed by atoms with E-state index < -0.39 is 0 Å². The zero-order valence-electron chi connectivity index (χ0n) is 14.9. The second-order valence-electron chi connectivity index (χ2n) is 5.89. The smallest absolute Gasteiger partial charge is 0.192 e. The first-order valence-electron chi connectivity index (χ1n) is 8.53. The Kier molecular flexibility index (Phi) is 4.93. The van der Waals surface area contributed by atoms with Crippen LogP contribution in [0.3, 0.4) is 0 Å². The molecule has 0 radical (unpaired) electrons. The van der Waals surface area contributed by atoms with Crippen LogP contribution >= 0.6 is 11.8 Å². The van der Waals surface area contributed by atoms with Gasteiger partial charge in [-0.1, -0.05) is 36.0 Å². The standard InChI is InChI=1S/C20H19N5OS/c1-3-11-25-19(16-8-4-5-9-17(16)26-2)22-23-20(25)27-14-15-13-24-12-7-6-10-18(24)21-15/h3-10,12-13H,1,11,14H2,2H3. The molecule has 0 saturated heterocycles. The van der Waals surface area contributed by atoms with E-state index >= 15 is 0 Å². The Morgan fingerprint density at radius 1 is 1.15 bits per heavy atom. The Bertz CT molecular complexity index is 1050. The number of benzene rings is 1. The van der Waals surface area contributed by atoms with E-state index in [4.69, 9.17) is 4.74 Å². The molecule has 0 unspecified atom stereocenters. The summed E-state index contributed by atoms with van der Waals surface area (Å²) in [6.45, 7) is 4.49. The molecule has 0 fully saturated rings. The summed E-state index contributed by atoms with van der Waals surface area (Å²) in [5.74, 6) is 2.25. The van der Waals surface area contributed by atoms with Gasteiger partial charge in [-0.2, -0.15) is 0 Å². The lowest BCUT2D eigenvalue weighted by atomic mass is 10.2. The fourth-order valence-corrected chi connectivity index (χ4v) is 3.74. The molecule has 0 bridgehead atoms. The first kappa shape index (κ1) is 17.4. The topological polar surface area (TPSA) is 57.2 Å². The fraction of sp³-hybridized carbons (Fsp3) is 0.150. The first-order chi connectivity index (χ1) is 13.3. The van der Waals surface area contributed by atoms with Gasteiger partial charge < -0.3 is 9.14 Å². The van der Waals surface area contributed by atoms with Gasteiger partial charge in [-0.3, -0.25) is 4.57 Å². The van der Waals surface area contributed by atoms with Gasteiger partial charge in [0.05, 0.1) is 18.4 Å². The summed E-state index contributed by atoms with van der Waals surface area (Å²) < 4.78 is 9.54. The van der Waals surface area contributed by atoms with Crippen LogP contribution in [0, 0.1) is 0 Å². The number of pyridine rings is 1. The van der Waals surface area contributed by atoms with Crippen LogP contribution in [0.1, 0.15) is 5.69 Å². The highest BCUT2D eigenvalue weighted by molar-refractivity contribution is 7.98. The Morgan fingerprint density at radius 3 is 2.81 bits per heavy atom. The van der Waals surface area contributed by atoms with Crippen LogP contribution in [0.5, 0.6) is 5.75 Å². The number of nitrogens with zero attached hydrogens (tertiary/aromatic N) is 5. The second kappa shape index (κ2) is 7.67. The molecule has 3 heterocycles. The monoisotopic (exact) mass is 377 g/mol. The van der Waals surface area contributed by atoms with E-state index in [-0.39, 0.29) is 0 Å². The Morgan fingerprint density at radius 2 is 2.00 bits per heavy atom. The van der Waals surface area contributed by atoms with Gasteiger partial charge in [-0.15, -0.1) is 16.8 Å². The van der Waals surface area contributed by atoms with E-state index in [0.29, 0.717) is 12.3 Å². The predicted octanol–water partition coefficient (Wildman–Crippen LogP) is 4.08. The summed E-state index contributed by atoms with van der Waals surface area (Å²) in [5.41, 5.74) is 2.85. The van der Waals surface area contributed by atoms with Gasteiger partial charge in [0.2, 0.25) is 0 Å². The normalized spacial score (nSPS) is 11.0. The first-order valence-corrected chi connectivity index (χ1v) is 9.51. The zero-order chi connectivity index (χ0) is 18.6. The number of thioether (sulfide) groups is 1. The highest BCUT2D eigenvalue weighted by atomic mass is 32.2. The van der Waals surface area contributed by atoms with Crippen LogP contribution in [0.4, 0.5) is 0 Å². The summed E-state index contributed by atoms with van der Waals surface area (Å²) in [6.07, 6.45) is 5.88. The summed E-state index contributed by atoms with van der Waals surface area (Å²) >= 11 is 1.61. The Balaban J connectivity index is 1.63. The molecule has 7 heteroatoms. The Labute approximate surface area is 161 Å². The van der Waals surface area contributed by atoms with Crippen LogP contribution in [-0.4, -0.2) is 31.3 Å². The predicted molar refractivity (Wildman–Crippen MR) is 107 cm³/mol. The van der Waals surface area contributed by atoms with Crippen molar-refractivity contribution in [1.82, 2.24) is 24.1 Å². The summed E-state index contributed by atoms with van der Waals surface area (Å²) in [7, 11) is 1.66. The third-order valence-corrected chi connectivity index (χ3v) is 5.14. The maximum Gasteiger partial charge on any atom is 0.192 e. The highest BCUT2D eigenvalue weighted by Gasteiger charge is 2.17. The number of allylic oxidation sites excluding steroid dienone is 1. The lowest BCUT2D eigenvalue weighted by molar-refractivity contribution is 0.416. The minimum Gasteiger partial charge on any atom is -0.496 e. The summed E-state index contributed by atoms with van der Waals surface area (Å²) in [5, 5.41) is 9.63. The van der Waals surface area contributed by atoms with Crippen molar-refractivity contribution in [2.45, 2.75) is 17.5 Å². The SMILES string of the molecule is C=CCn1c(SCc2cn3ccccc3n2)nnc1-c1ccccc1OC. The number of fused-ring (bicyclic) bond motifs is 1. The molecular formula is C20H19N5OS. The molecule has 0 N–H and O–H groups in total. The van der Waals surface area contributed by atoms with Gasteiger partial charge in [-0.25, -0.2) is 4.98 Å². The molecule has 27 heavy (non-hydrogen) atoms. The van der Waals surface area contributed by atoms with Crippen LogP contribution < -0.4 is 4.74 Å². The minimum absolute atomic E-state index is 0.619. The molecule has 0 spiro atoms. The number of methoxy groups -OCH3 is 1. The quantitative estimate of drug-likeness (QED) is 0.359. The van der Waals surface area contributed by atoms with E-state index in [9.17, 15) is 0 Å². The van der Waals surface area contributed by atoms with E-state index in [1.807, 2.05) is 69.9 Å². The lowest BCUT2D eigenvalue weighted by Gasteiger charge is -2.10. The molecular weight excluding hydrogens is 358 g/mol. The largest absolute Gasteiger partial charge is 0.496 e. The second-order valence-corrected chi connectivity index (χ2v) is 6.84. The average molecular weight is 377 g/mol.